The lowest BCUT2D eigenvalue weighted by atomic mass is 10.2. The van der Waals surface area contributed by atoms with Crippen LogP contribution in [0.25, 0.3) is 0 Å². The maximum Gasteiger partial charge on any atom is 0.0923 e. The molecule has 0 saturated carbocycles. The molecule has 1 aromatic rings. The van der Waals surface area contributed by atoms with Crippen LogP contribution in [0, 0.1) is 5.41 Å². The minimum absolute atomic E-state index is 0.600. The molecule has 0 fully saturated rings. The lowest BCUT2D eigenvalue weighted by Crippen LogP contribution is -2.25. The van der Waals surface area contributed by atoms with Crippen molar-refractivity contribution in [2.45, 2.75) is 20.0 Å². The van der Waals surface area contributed by atoms with Crippen molar-refractivity contribution in [1.29, 1.82) is 5.41 Å². The van der Waals surface area contributed by atoms with E-state index in [0.29, 0.717) is 12.4 Å². The van der Waals surface area contributed by atoms with Gasteiger partial charge in [0.25, 0.3) is 0 Å². The highest BCUT2D eigenvalue weighted by molar-refractivity contribution is 5.75. The highest BCUT2D eigenvalue weighted by Crippen LogP contribution is 2.01. The van der Waals surface area contributed by atoms with Gasteiger partial charge in [-0.2, -0.15) is 0 Å². The van der Waals surface area contributed by atoms with Crippen LogP contribution in [0.2, 0.25) is 0 Å². The van der Waals surface area contributed by atoms with Crippen molar-refractivity contribution in [1.82, 2.24) is 4.90 Å². The summed E-state index contributed by atoms with van der Waals surface area (Å²) in [5.41, 5.74) is 1.21. The molecule has 0 heterocycles. The molecule has 3 heteroatoms. The third-order valence-corrected chi connectivity index (χ3v) is 2.47. The Morgan fingerprint density at radius 1 is 1.31 bits per heavy atom. The summed E-state index contributed by atoms with van der Waals surface area (Å²) >= 11 is 0. The molecule has 0 aliphatic rings. The lowest BCUT2D eigenvalue weighted by Gasteiger charge is -2.16. The van der Waals surface area contributed by atoms with Crippen LogP contribution < -0.4 is 0 Å². The summed E-state index contributed by atoms with van der Waals surface area (Å²) in [6.07, 6.45) is 0.958. The molecule has 1 aromatic carbocycles. The molecule has 0 unspecified atom stereocenters. The fourth-order valence-corrected chi connectivity index (χ4v) is 1.34. The molecule has 0 bridgehead atoms. The molecule has 0 aliphatic carbocycles. The predicted octanol–water partition coefficient (Wildman–Crippen LogP) is 2.52. The summed E-state index contributed by atoms with van der Waals surface area (Å²) in [5.74, 6) is 0.600. The van der Waals surface area contributed by atoms with Crippen molar-refractivity contribution in [2.75, 3.05) is 20.2 Å². The molecular weight excluding hydrogens is 200 g/mol. The van der Waals surface area contributed by atoms with Gasteiger partial charge in [0.2, 0.25) is 0 Å². The van der Waals surface area contributed by atoms with Gasteiger partial charge in [-0.25, -0.2) is 0 Å². The summed E-state index contributed by atoms with van der Waals surface area (Å²) in [5, 5.41) is 7.40. The quantitative estimate of drug-likeness (QED) is 0.454. The van der Waals surface area contributed by atoms with E-state index in [4.69, 9.17) is 10.1 Å². The molecular formula is C13H20N2O. The van der Waals surface area contributed by atoms with Crippen LogP contribution >= 0.6 is 0 Å². The zero-order valence-corrected chi connectivity index (χ0v) is 10.1. The van der Waals surface area contributed by atoms with E-state index in [2.05, 4.69) is 12.1 Å². The van der Waals surface area contributed by atoms with Crippen LogP contribution in [0.5, 0.6) is 0 Å². The first-order valence-electron chi connectivity index (χ1n) is 5.58. The Morgan fingerprint density at radius 3 is 2.62 bits per heavy atom. The minimum atomic E-state index is 0.600. The summed E-state index contributed by atoms with van der Waals surface area (Å²) in [4.78, 5) is 1.92. The van der Waals surface area contributed by atoms with Gasteiger partial charge in [0.15, 0.2) is 0 Å². The van der Waals surface area contributed by atoms with Gasteiger partial charge in [0.1, 0.15) is 0 Å². The molecule has 3 nitrogen and oxygen atoms in total. The van der Waals surface area contributed by atoms with E-state index in [1.54, 1.807) is 6.92 Å². The van der Waals surface area contributed by atoms with Crippen LogP contribution in [0.1, 0.15) is 18.9 Å². The van der Waals surface area contributed by atoms with Crippen molar-refractivity contribution >= 4 is 5.84 Å². The largest absolute Gasteiger partial charge is 0.377 e. The first-order chi connectivity index (χ1) is 7.70. The summed E-state index contributed by atoms with van der Waals surface area (Å²) < 4.78 is 5.55. The molecule has 16 heavy (non-hydrogen) atoms. The monoisotopic (exact) mass is 220 g/mol. The van der Waals surface area contributed by atoms with Crippen molar-refractivity contribution in [3.8, 4) is 0 Å². The number of hydrogen-bond acceptors (Lipinski definition) is 2. The van der Waals surface area contributed by atoms with E-state index < -0.39 is 0 Å². The Bertz CT molecular complexity index is 311. The Morgan fingerprint density at radius 2 is 2.00 bits per heavy atom. The van der Waals surface area contributed by atoms with Gasteiger partial charge >= 0.3 is 0 Å². The Hall–Kier alpha value is -1.35. The second-order valence-electron chi connectivity index (χ2n) is 3.90. The Labute approximate surface area is 97.5 Å². The van der Waals surface area contributed by atoms with Crippen molar-refractivity contribution in [3.05, 3.63) is 35.9 Å². The molecule has 0 spiro atoms. The van der Waals surface area contributed by atoms with Crippen LogP contribution in [0.15, 0.2) is 30.3 Å². The Kier molecular flexibility index (Phi) is 5.57. The van der Waals surface area contributed by atoms with Gasteiger partial charge in [-0.05, 0) is 18.9 Å². The minimum Gasteiger partial charge on any atom is -0.377 e. The number of amidine groups is 1. The fraction of sp³-hybridized carbons (Fsp3) is 0.462. The number of ether oxygens (including phenoxy) is 1. The topological polar surface area (TPSA) is 36.3 Å². The third kappa shape index (κ3) is 4.94. The average Bonchev–Trinajstić information content (AvgIpc) is 2.29. The maximum atomic E-state index is 7.40. The van der Waals surface area contributed by atoms with Gasteiger partial charge < -0.3 is 9.64 Å². The molecule has 0 amide bonds. The van der Waals surface area contributed by atoms with Crippen molar-refractivity contribution in [2.24, 2.45) is 0 Å². The molecule has 88 valence electrons. The lowest BCUT2D eigenvalue weighted by molar-refractivity contribution is 0.115. The number of hydrogen-bond donors (Lipinski definition) is 1. The third-order valence-electron chi connectivity index (χ3n) is 2.47. The highest BCUT2D eigenvalue weighted by atomic mass is 16.5. The molecule has 0 aliphatic heterocycles. The van der Waals surface area contributed by atoms with Gasteiger partial charge in [-0.3, -0.25) is 5.41 Å². The predicted molar refractivity (Wildman–Crippen MR) is 66.7 cm³/mol. The van der Waals surface area contributed by atoms with Gasteiger partial charge in [-0.1, -0.05) is 30.3 Å². The Balaban J connectivity index is 2.07. The average molecular weight is 220 g/mol. The normalized spacial score (nSPS) is 10.1. The van der Waals surface area contributed by atoms with E-state index in [1.165, 1.54) is 5.56 Å². The second-order valence-corrected chi connectivity index (χ2v) is 3.90. The standard InChI is InChI=1S/C13H20N2O/c1-12(14)15(2)9-6-10-16-11-13-7-4-3-5-8-13/h3-5,7-8,14H,6,9-11H2,1-2H3. The zero-order chi connectivity index (χ0) is 11.8. The number of nitrogens with one attached hydrogen (secondary N) is 1. The van der Waals surface area contributed by atoms with Crippen LogP contribution in [-0.4, -0.2) is 30.9 Å². The van der Waals surface area contributed by atoms with Gasteiger partial charge in [-0.15, -0.1) is 0 Å². The molecule has 0 saturated heterocycles. The van der Waals surface area contributed by atoms with Crippen molar-refractivity contribution < 1.29 is 4.74 Å². The summed E-state index contributed by atoms with van der Waals surface area (Å²) in [6, 6.07) is 10.2. The van der Waals surface area contributed by atoms with E-state index in [1.807, 2.05) is 30.1 Å². The van der Waals surface area contributed by atoms with Crippen LogP contribution in [-0.2, 0) is 11.3 Å². The number of nitrogens with zero attached hydrogens (tertiary/aromatic N) is 1. The number of benzene rings is 1. The summed E-state index contributed by atoms with van der Waals surface area (Å²) in [7, 11) is 1.93. The van der Waals surface area contributed by atoms with E-state index in [9.17, 15) is 0 Å². The van der Waals surface area contributed by atoms with Gasteiger partial charge in [0, 0.05) is 20.2 Å². The molecule has 0 aromatic heterocycles. The second kappa shape index (κ2) is 7.01. The van der Waals surface area contributed by atoms with E-state index >= 15 is 0 Å². The highest BCUT2D eigenvalue weighted by Gasteiger charge is 1.98. The molecule has 0 radical (unpaired) electrons. The molecule has 1 rings (SSSR count). The zero-order valence-electron chi connectivity index (χ0n) is 10.1. The number of rotatable bonds is 6. The maximum absolute atomic E-state index is 7.40. The smallest absolute Gasteiger partial charge is 0.0923 e. The first-order valence-corrected chi connectivity index (χ1v) is 5.58. The summed E-state index contributed by atoms with van der Waals surface area (Å²) in [6.45, 7) is 4.09. The SMILES string of the molecule is CC(=N)N(C)CCCOCc1ccccc1. The van der Waals surface area contributed by atoms with E-state index in [-0.39, 0.29) is 0 Å². The fourth-order valence-electron chi connectivity index (χ4n) is 1.34. The van der Waals surface area contributed by atoms with Crippen LogP contribution in [0.3, 0.4) is 0 Å². The van der Waals surface area contributed by atoms with Crippen molar-refractivity contribution in [3.63, 3.8) is 0 Å². The molecule has 1 N–H and O–H groups in total. The first kappa shape index (κ1) is 12.7. The molecule has 0 atom stereocenters. The van der Waals surface area contributed by atoms with Crippen LogP contribution in [0.4, 0.5) is 0 Å². The van der Waals surface area contributed by atoms with E-state index in [0.717, 1.165) is 19.6 Å². The van der Waals surface area contributed by atoms with Gasteiger partial charge in [0.05, 0.1) is 12.4 Å².